The minimum Gasteiger partial charge on any atom is -0.488 e. The molecule has 1 N–H and O–H groups in total. The van der Waals surface area contributed by atoms with Gasteiger partial charge >= 0.3 is 0 Å². The van der Waals surface area contributed by atoms with Gasteiger partial charge in [-0.25, -0.2) is 9.37 Å². The standard InChI is InChI=1S/C16H16FN3O/c1-11(19-2)15-4-3-13(17)8-16(15)21-10-12-5-6-20-14(7-12)9-18/h3-8,11,19H,10H2,1-2H3. The molecule has 1 aromatic carbocycles. The SMILES string of the molecule is CNC(C)c1ccc(F)cc1OCc1ccnc(C#N)c1. The maximum absolute atomic E-state index is 13.4. The third-order valence-corrected chi connectivity index (χ3v) is 3.21. The summed E-state index contributed by atoms with van der Waals surface area (Å²) in [5, 5.41) is 11.9. The molecule has 0 saturated heterocycles. The first-order valence-corrected chi connectivity index (χ1v) is 6.58. The predicted octanol–water partition coefficient (Wildman–Crippen LogP) is 2.95. The van der Waals surface area contributed by atoms with Gasteiger partial charge in [0.05, 0.1) is 0 Å². The third kappa shape index (κ3) is 3.77. The number of benzene rings is 1. The van der Waals surface area contributed by atoms with E-state index in [0.29, 0.717) is 11.4 Å². The second-order valence-corrected chi connectivity index (χ2v) is 4.64. The Morgan fingerprint density at radius 2 is 2.19 bits per heavy atom. The van der Waals surface area contributed by atoms with Gasteiger partial charge in [-0.15, -0.1) is 0 Å². The molecule has 4 nitrogen and oxygen atoms in total. The molecule has 0 aliphatic heterocycles. The lowest BCUT2D eigenvalue weighted by molar-refractivity contribution is 0.298. The van der Waals surface area contributed by atoms with E-state index in [0.717, 1.165) is 11.1 Å². The van der Waals surface area contributed by atoms with E-state index >= 15 is 0 Å². The highest BCUT2D eigenvalue weighted by Gasteiger charge is 2.11. The van der Waals surface area contributed by atoms with Crippen LogP contribution in [0.2, 0.25) is 0 Å². The Morgan fingerprint density at radius 1 is 1.38 bits per heavy atom. The first-order chi connectivity index (χ1) is 10.1. The van der Waals surface area contributed by atoms with Gasteiger partial charge < -0.3 is 10.1 Å². The number of hydrogen-bond donors (Lipinski definition) is 1. The van der Waals surface area contributed by atoms with Crippen molar-refractivity contribution in [2.45, 2.75) is 19.6 Å². The van der Waals surface area contributed by atoms with Gasteiger partial charge in [0.15, 0.2) is 0 Å². The van der Waals surface area contributed by atoms with Crippen molar-refractivity contribution in [3.05, 3.63) is 59.2 Å². The van der Waals surface area contributed by atoms with Crippen molar-refractivity contribution in [2.75, 3.05) is 7.05 Å². The van der Waals surface area contributed by atoms with Crippen molar-refractivity contribution in [1.29, 1.82) is 5.26 Å². The van der Waals surface area contributed by atoms with Crippen LogP contribution in [0.15, 0.2) is 36.5 Å². The van der Waals surface area contributed by atoms with E-state index in [4.69, 9.17) is 10.00 Å². The maximum atomic E-state index is 13.4. The number of rotatable bonds is 5. The van der Waals surface area contributed by atoms with E-state index in [2.05, 4.69) is 10.3 Å². The lowest BCUT2D eigenvalue weighted by Crippen LogP contribution is -2.14. The molecule has 1 atom stereocenters. The summed E-state index contributed by atoms with van der Waals surface area (Å²) in [6.45, 7) is 2.23. The van der Waals surface area contributed by atoms with Gasteiger partial charge in [0.25, 0.3) is 0 Å². The molecule has 0 amide bonds. The van der Waals surface area contributed by atoms with Crippen LogP contribution in [0.1, 0.15) is 29.8 Å². The monoisotopic (exact) mass is 285 g/mol. The molecule has 0 spiro atoms. The van der Waals surface area contributed by atoms with E-state index < -0.39 is 0 Å². The topological polar surface area (TPSA) is 57.9 Å². The summed E-state index contributed by atoms with van der Waals surface area (Å²) in [7, 11) is 1.83. The lowest BCUT2D eigenvalue weighted by atomic mass is 10.1. The molecule has 2 aromatic rings. The first-order valence-electron chi connectivity index (χ1n) is 6.58. The number of hydrogen-bond acceptors (Lipinski definition) is 4. The summed E-state index contributed by atoms with van der Waals surface area (Å²) in [6.07, 6.45) is 1.56. The fourth-order valence-electron chi connectivity index (χ4n) is 1.93. The van der Waals surface area contributed by atoms with Gasteiger partial charge in [0, 0.05) is 23.9 Å². The number of nitrogens with one attached hydrogen (secondary N) is 1. The largest absolute Gasteiger partial charge is 0.488 e. The van der Waals surface area contributed by atoms with Crippen LogP contribution in [-0.2, 0) is 6.61 Å². The second kappa shape index (κ2) is 6.82. The molecule has 1 unspecified atom stereocenters. The second-order valence-electron chi connectivity index (χ2n) is 4.64. The normalized spacial score (nSPS) is 11.7. The van der Waals surface area contributed by atoms with Gasteiger partial charge in [-0.3, -0.25) is 0 Å². The molecule has 0 aliphatic rings. The van der Waals surface area contributed by atoms with Crippen LogP contribution in [0.3, 0.4) is 0 Å². The van der Waals surface area contributed by atoms with Crippen LogP contribution >= 0.6 is 0 Å². The fourth-order valence-corrected chi connectivity index (χ4v) is 1.93. The minimum atomic E-state index is -0.343. The van der Waals surface area contributed by atoms with Crippen LogP contribution < -0.4 is 10.1 Å². The average molecular weight is 285 g/mol. The molecule has 0 aliphatic carbocycles. The van der Waals surface area contributed by atoms with Crippen LogP contribution in [0.4, 0.5) is 4.39 Å². The number of nitrogens with zero attached hydrogens (tertiary/aromatic N) is 2. The lowest BCUT2D eigenvalue weighted by Gasteiger charge is -2.16. The summed E-state index contributed by atoms with van der Waals surface area (Å²) in [4.78, 5) is 3.90. The number of ether oxygens (including phenoxy) is 1. The quantitative estimate of drug-likeness (QED) is 0.917. The van der Waals surface area contributed by atoms with Crippen molar-refractivity contribution in [3.8, 4) is 11.8 Å². The first kappa shape index (κ1) is 14.9. The predicted molar refractivity (Wildman–Crippen MR) is 77.2 cm³/mol. The Hall–Kier alpha value is -2.45. The Labute approximate surface area is 123 Å². The molecular weight excluding hydrogens is 269 g/mol. The van der Waals surface area contributed by atoms with Crippen molar-refractivity contribution >= 4 is 0 Å². The van der Waals surface area contributed by atoms with Gasteiger partial charge in [0.2, 0.25) is 0 Å². The fraction of sp³-hybridized carbons (Fsp3) is 0.250. The third-order valence-electron chi connectivity index (χ3n) is 3.21. The molecule has 2 rings (SSSR count). The van der Waals surface area contributed by atoms with Crippen LogP contribution in [-0.4, -0.2) is 12.0 Å². The Kier molecular flexibility index (Phi) is 4.85. The Morgan fingerprint density at radius 3 is 2.90 bits per heavy atom. The number of nitriles is 1. The Balaban J connectivity index is 2.19. The molecule has 0 bridgehead atoms. The summed E-state index contributed by atoms with van der Waals surface area (Å²) in [5.41, 5.74) is 2.03. The smallest absolute Gasteiger partial charge is 0.140 e. The summed E-state index contributed by atoms with van der Waals surface area (Å²) in [6, 6.07) is 9.93. The van der Waals surface area contributed by atoms with E-state index in [1.165, 1.54) is 12.1 Å². The van der Waals surface area contributed by atoms with Gasteiger partial charge in [-0.1, -0.05) is 6.07 Å². The van der Waals surface area contributed by atoms with Gasteiger partial charge in [-0.05, 0) is 37.7 Å². The molecule has 0 saturated carbocycles. The van der Waals surface area contributed by atoms with E-state index in [9.17, 15) is 4.39 Å². The van der Waals surface area contributed by atoms with E-state index in [1.54, 1.807) is 24.4 Å². The van der Waals surface area contributed by atoms with Crippen molar-refractivity contribution in [2.24, 2.45) is 0 Å². The minimum absolute atomic E-state index is 0.0488. The maximum Gasteiger partial charge on any atom is 0.140 e. The molecule has 21 heavy (non-hydrogen) atoms. The summed E-state index contributed by atoms with van der Waals surface area (Å²) >= 11 is 0. The van der Waals surface area contributed by atoms with Crippen LogP contribution in [0, 0.1) is 17.1 Å². The highest BCUT2D eigenvalue weighted by Crippen LogP contribution is 2.26. The molecule has 1 aromatic heterocycles. The number of aromatic nitrogens is 1. The zero-order valence-electron chi connectivity index (χ0n) is 11.9. The van der Waals surface area contributed by atoms with Gasteiger partial charge in [0.1, 0.15) is 29.9 Å². The zero-order valence-corrected chi connectivity index (χ0v) is 11.9. The summed E-state index contributed by atoms with van der Waals surface area (Å²) < 4.78 is 19.1. The zero-order chi connectivity index (χ0) is 15.2. The van der Waals surface area contributed by atoms with Crippen molar-refractivity contribution in [1.82, 2.24) is 10.3 Å². The van der Waals surface area contributed by atoms with E-state index in [-0.39, 0.29) is 18.5 Å². The average Bonchev–Trinajstić information content (AvgIpc) is 2.52. The van der Waals surface area contributed by atoms with Crippen molar-refractivity contribution in [3.63, 3.8) is 0 Å². The van der Waals surface area contributed by atoms with Crippen LogP contribution in [0.5, 0.6) is 5.75 Å². The number of pyridine rings is 1. The Bertz CT molecular complexity index is 667. The van der Waals surface area contributed by atoms with Gasteiger partial charge in [-0.2, -0.15) is 5.26 Å². The van der Waals surface area contributed by atoms with Crippen molar-refractivity contribution < 1.29 is 9.13 Å². The molecule has 108 valence electrons. The molecular formula is C16H16FN3O. The molecule has 0 radical (unpaired) electrons. The molecule has 5 heteroatoms. The molecule has 1 heterocycles. The highest BCUT2D eigenvalue weighted by molar-refractivity contribution is 5.36. The molecule has 0 fully saturated rings. The highest BCUT2D eigenvalue weighted by atomic mass is 19.1. The van der Waals surface area contributed by atoms with E-state index in [1.807, 2.05) is 20.0 Å². The number of halogens is 1. The summed E-state index contributed by atoms with van der Waals surface area (Å²) in [5.74, 6) is 0.150. The van der Waals surface area contributed by atoms with Crippen LogP contribution in [0.25, 0.3) is 0 Å².